The molecule has 0 saturated carbocycles. The topological polar surface area (TPSA) is 103 Å². The maximum Gasteiger partial charge on any atom is 0.269 e. The number of non-ortho nitro benzene ring substituents is 1. The zero-order chi connectivity index (χ0) is 17.6. The van der Waals surface area contributed by atoms with Crippen LogP contribution in [0.15, 0.2) is 40.7 Å². The lowest BCUT2D eigenvalue weighted by atomic mass is 9.85. The van der Waals surface area contributed by atoms with E-state index in [1.807, 2.05) is 6.26 Å². The van der Waals surface area contributed by atoms with Gasteiger partial charge in [-0.25, -0.2) is 4.68 Å². The number of thioether (sulfide) groups is 1. The minimum absolute atomic E-state index is 0.00630. The van der Waals surface area contributed by atoms with Crippen LogP contribution in [-0.4, -0.2) is 31.7 Å². The SMILES string of the molecule is CSc1nc2n(n1)C(c1cccc([N+](=O)[O-])c1)C1=C(CCCC1=O)N2. The van der Waals surface area contributed by atoms with E-state index in [1.165, 1.54) is 23.9 Å². The highest BCUT2D eigenvalue weighted by Gasteiger charge is 2.37. The Hall–Kier alpha value is -2.68. The number of nitro groups is 1. The van der Waals surface area contributed by atoms with E-state index in [0.717, 1.165) is 18.5 Å². The molecule has 0 radical (unpaired) electrons. The molecule has 0 fully saturated rings. The van der Waals surface area contributed by atoms with Crippen molar-refractivity contribution < 1.29 is 9.72 Å². The van der Waals surface area contributed by atoms with Crippen molar-refractivity contribution in [3.05, 3.63) is 51.2 Å². The Morgan fingerprint density at radius 1 is 1.40 bits per heavy atom. The molecule has 1 atom stereocenters. The molecule has 1 unspecified atom stereocenters. The predicted molar refractivity (Wildman–Crippen MR) is 92.5 cm³/mol. The average molecular weight is 357 g/mol. The molecule has 25 heavy (non-hydrogen) atoms. The van der Waals surface area contributed by atoms with Gasteiger partial charge in [0.05, 0.1) is 4.92 Å². The van der Waals surface area contributed by atoms with Crippen LogP contribution in [0, 0.1) is 10.1 Å². The molecule has 9 heteroatoms. The van der Waals surface area contributed by atoms with Crippen molar-refractivity contribution in [3.8, 4) is 0 Å². The predicted octanol–water partition coefficient (Wildman–Crippen LogP) is 2.93. The number of Topliss-reactive ketones (excluding diaryl/α,β-unsaturated/α-hetero) is 1. The van der Waals surface area contributed by atoms with Gasteiger partial charge in [0.2, 0.25) is 11.1 Å². The fourth-order valence-corrected chi connectivity index (χ4v) is 3.69. The van der Waals surface area contributed by atoms with Crippen LogP contribution in [0.4, 0.5) is 11.6 Å². The summed E-state index contributed by atoms with van der Waals surface area (Å²) in [6.45, 7) is 0. The molecule has 2 aliphatic rings. The second-order valence-electron chi connectivity index (χ2n) is 5.92. The minimum atomic E-state index is -0.493. The van der Waals surface area contributed by atoms with Gasteiger partial charge >= 0.3 is 0 Å². The molecule has 1 aromatic heterocycles. The number of nitrogens with zero attached hydrogens (tertiary/aromatic N) is 4. The lowest BCUT2D eigenvalue weighted by Crippen LogP contribution is -2.31. The van der Waals surface area contributed by atoms with Crippen molar-refractivity contribution in [1.29, 1.82) is 0 Å². The van der Waals surface area contributed by atoms with Crippen LogP contribution < -0.4 is 5.32 Å². The van der Waals surface area contributed by atoms with E-state index in [9.17, 15) is 14.9 Å². The monoisotopic (exact) mass is 357 g/mol. The summed E-state index contributed by atoms with van der Waals surface area (Å²) in [7, 11) is 0. The number of ketones is 1. The molecule has 128 valence electrons. The molecule has 0 saturated heterocycles. The first-order valence-electron chi connectivity index (χ1n) is 7.86. The van der Waals surface area contributed by atoms with E-state index >= 15 is 0 Å². The maximum absolute atomic E-state index is 12.6. The van der Waals surface area contributed by atoms with E-state index in [2.05, 4.69) is 15.4 Å². The molecule has 1 aliphatic heterocycles. The second kappa shape index (κ2) is 5.99. The number of carbonyl (C=O) groups excluding carboxylic acids is 1. The molecule has 2 aromatic rings. The summed E-state index contributed by atoms with van der Waals surface area (Å²) < 4.78 is 1.66. The quantitative estimate of drug-likeness (QED) is 0.512. The first-order valence-corrected chi connectivity index (χ1v) is 9.09. The average Bonchev–Trinajstić information content (AvgIpc) is 3.03. The third kappa shape index (κ3) is 2.60. The van der Waals surface area contributed by atoms with Gasteiger partial charge in [0.1, 0.15) is 6.04 Å². The smallest absolute Gasteiger partial charge is 0.269 e. The number of hydrogen-bond donors (Lipinski definition) is 1. The van der Waals surface area contributed by atoms with Gasteiger partial charge in [-0.2, -0.15) is 4.98 Å². The van der Waals surface area contributed by atoms with Gasteiger partial charge in [-0.05, 0) is 24.7 Å². The molecule has 0 amide bonds. The minimum Gasteiger partial charge on any atom is -0.328 e. The summed E-state index contributed by atoms with van der Waals surface area (Å²) in [6.07, 6.45) is 3.90. The summed E-state index contributed by atoms with van der Waals surface area (Å²) in [4.78, 5) is 27.8. The highest BCUT2D eigenvalue weighted by Crippen LogP contribution is 2.40. The van der Waals surface area contributed by atoms with Crippen molar-refractivity contribution in [2.24, 2.45) is 0 Å². The fraction of sp³-hybridized carbons (Fsp3) is 0.312. The largest absolute Gasteiger partial charge is 0.328 e. The summed E-state index contributed by atoms with van der Waals surface area (Å²) in [5, 5.41) is 19.4. The third-order valence-electron chi connectivity index (χ3n) is 4.43. The molecule has 0 bridgehead atoms. The number of hydrogen-bond acceptors (Lipinski definition) is 7. The standard InChI is InChI=1S/C16H15N5O3S/c1-25-16-18-15-17-11-6-3-7-12(22)13(11)14(20(15)19-16)9-4-2-5-10(8-9)21(23)24/h2,4-5,8,14H,3,6-7H2,1H3,(H,17,18,19). The van der Waals surface area contributed by atoms with Crippen LogP contribution in [0.1, 0.15) is 30.9 Å². The van der Waals surface area contributed by atoms with E-state index in [1.54, 1.807) is 16.8 Å². The number of nitro benzene ring substituents is 1. The van der Waals surface area contributed by atoms with Gasteiger partial charge in [0.25, 0.3) is 5.69 Å². The molecule has 8 nitrogen and oxygen atoms in total. The number of anilines is 1. The number of fused-ring (bicyclic) bond motifs is 1. The van der Waals surface area contributed by atoms with Crippen molar-refractivity contribution in [2.75, 3.05) is 11.6 Å². The van der Waals surface area contributed by atoms with Crippen LogP contribution in [0.2, 0.25) is 0 Å². The van der Waals surface area contributed by atoms with E-state index in [-0.39, 0.29) is 11.5 Å². The van der Waals surface area contributed by atoms with Crippen LogP contribution in [-0.2, 0) is 4.79 Å². The molecule has 4 rings (SSSR count). The van der Waals surface area contributed by atoms with Gasteiger partial charge in [-0.15, -0.1) is 5.10 Å². The lowest BCUT2D eigenvalue weighted by molar-refractivity contribution is -0.384. The fourth-order valence-electron chi connectivity index (χ4n) is 3.34. The Labute approximate surface area is 147 Å². The summed E-state index contributed by atoms with van der Waals surface area (Å²) in [5.74, 6) is 0.617. The van der Waals surface area contributed by atoms with Gasteiger partial charge in [0.15, 0.2) is 5.78 Å². The molecule has 0 spiro atoms. The zero-order valence-corrected chi connectivity index (χ0v) is 14.2. The van der Waals surface area contributed by atoms with E-state index in [4.69, 9.17) is 0 Å². The first kappa shape index (κ1) is 15.8. The molecule has 1 N–H and O–H groups in total. The van der Waals surface area contributed by atoms with Crippen molar-refractivity contribution in [1.82, 2.24) is 14.8 Å². The Bertz CT molecular complexity index is 920. The van der Waals surface area contributed by atoms with Crippen LogP contribution in [0.5, 0.6) is 0 Å². The lowest BCUT2D eigenvalue weighted by Gasteiger charge is -2.32. The van der Waals surface area contributed by atoms with Crippen molar-refractivity contribution >= 4 is 29.2 Å². The summed E-state index contributed by atoms with van der Waals surface area (Å²) in [5.41, 5.74) is 2.14. The highest BCUT2D eigenvalue weighted by atomic mass is 32.2. The Balaban J connectivity index is 1.91. The number of aromatic nitrogens is 3. The van der Waals surface area contributed by atoms with E-state index < -0.39 is 11.0 Å². The van der Waals surface area contributed by atoms with Gasteiger partial charge in [-0.3, -0.25) is 14.9 Å². The number of allylic oxidation sites excluding steroid dienone is 2. The van der Waals surface area contributed by atoms with Crippen LogP contribution in [0.25, 0.3) is 0 Å². The third-order valence-corrected chi connectivity index (χ3v) is 4.97. The first-order chi connectivity index (χ1) is 12.1. The Kier molecular flexibility index (Phi) is 3.79. The molecular formula is C16H15N5O3S. The number of benzene rings is 1. The van der Waals surface area contributed by atoms with Gasteiger partial charge < -0.3 is 5.32 Å². The van der Waals surface area contributed by atoms with Crippen LogP contribution in [0.3, 0.4) is 0 Å². The molecule has 1 aliphatic carbocycles. The molecule has 1 aromatic carbocycles. The molecular weight excluding hydrogens is 342 g/mol. The zero-order valence-electron chi connectivity index (χ0n) is 13.4. The normalized spacial score (nSPS) is 19.2. The number of carbonyl (C=O) groups is 1. The number of rotatable bonds is 3. The Morgan fingerprint density at radius 3 is 3.00 bits per heavy atom. The highest BCUT2D eigenvalue weighted by molar-refractivity contribution is 7.98. The summed E-state index contributed by atoms with van der Waals surface area (Å²) in [6, 6.07) is 5.88. The maximum atomic E-state index is 12.6. The van der Waals surface area contributed by atoms with Crippen molar-refractivity contribution in [2.45, 2.75) is 30.5 Å². The molecule has 2 heterocycles. The van der Waals surface area contributed by atoms with Crippen molar-refractivity contribution in [3.63, 3.8) is 0 Å². The number of nitrogens with one attached hydrogen (secondary N) is 1. The second-order valence-corrected chi connectivity index (χ2v) is 6.69. The van der Waals surface area contributed by atoms with E-state index in [0.29, 0.717) is 28.7 Å². The van der Waals surface area contributed by atoms with Gasteiger partial charge in [0, 0.05) is 29.8 Å². The Morgan fingerprint density at radius 2 is 2.24 bits per heavy atom. The van der Waals surface area contributed by atoms with Gasteiger partial charge in [-0.1, -0.05) is 23.9 Å². The summed E-state index contributed by atoms with van der Waals surface area (Å²) >= 11 is 1.41. The van der Waals surface area contributed by atoms with Crippen LogP contribution >= 0.6 is 11.8 Å².